The van der Waals surface area contributed by atoms with Crippen LogP contribution in [0.3, 0.4) is 0 Å². The fourth-order valence-corrected chi connectivity index (χ4v) is 2.78. The van der Waals surface area contributed by atoms with E-state index in [9.17, 15) is 13.6 Å². The van der Waals surface area contributed by atoms with Gasteiger partial charge in [0.15, 0.2) is 11.3 Å². The van der Waals surface area contributed by atoms with Crippen LogP contribution >= 0.6 is 0 Å². The summed E-state index contributed by atoms with van der Waals surface area (Å²) in [6.07, 6.45) is 1.95. The van der Waals surface area contributed by atoms with Crippen LogP contribution in [0.4, 0.5) is 14.7 Å². The molecule has 22 heavy (non-hydrogen) atoms. The number of benzene rings is 1. The standard InChI is InChI=1S/C17H17F2NO2/c1-2-10-7-13-14(21)8-12(9-15(13)22-16(10)20)11-3-5-17(18,19)6-4-11/h3,7-9H,2,4-6,20H2,1H3. The molecule has 0 unspecified atom stereocenters. The normalized spacial score (nSPS) is 17.5. The van der Waals surface area contributed by atoms with Gasteiger partial charge in [-0.3, -0.25) is 4.79 Å². The van der Waals surface area contributed by atoms with Gasteiger partial charge in [0.25, 0.3) is 5.92 Å². The van der Waals surface area contributed by atoms with Crippen LogP contribution in [-0.2, 0) is 6.42 Å². The Balaban J connectivity index is 2.09. The molecule has 3 aliphatic rings. The first kappa shape index (κ1) is 14.8. The molecule has 2 N–H and O–H groups in total. The lowest BCUT2D eigenvalue weighted by molar-refractivity contribution is -0.00602. The number of hydrogen-bond acceptors (Lipinski definition) is 3. The molecule has 0 fully saturated rings. The van der Waals surface area contributed by atoms with E-state index >= 15 is 0 Å². The van der Waals surface area contributed by atoms with Gasteiger partial charge in [-0.1, -0.05) is 13.0 Å². The molecular weight excluding hydrogens is 288 g/mol. The molecule has 0 spiro atoms. The van der Waals surface area contributed by atoms with Gasteiger partial charge in [0.1, 0.15) is 5.76 Å². The summed E-state index contributed by atoms with van der Waals surface area (Å²) in [5.41, 5.74) is 8.31. The van der Waals surface area contributed by atoms with E-state index in [1.54, 1.807) is 12.1 Å². The maximum Gasteiger partial charge on any atom is 0.251 e. The second kappa shape index (κ2) is 5.23. The minimum Gasteiger partial charge on any atom is -0.441 e. The Bertz CT molecular complexity index is 777. The van der Waals surface area contributed by atoms with Gasteiger partial charge in [0, 0.05) is 18.4 Å². The molecule has 0 amide bonds. The number of halogens is 2. The quantitative estimate of drug-likeness (QED) is 0.909. The summed E-state index contributed by atoms with van der Waals surface area (Å²) in [5, 5.41) is 0. The third kappa shape index (κ3) is 2.63. The average molecular weight is 305 g/mol. The summed E-state index contributed by atoms with van der Waals surface area (Å²) in [5.74, 6) is -1.96. The van der Waals surface area contributed by atoms with E-state index in [1.165, 1.54) is 12.1 Å². The molecule has 0 bridgehead atoms. The SMILES string of the molecule is CCc1cc2c(=O)cc(C3=CCC(F)(F)CC3)cc-2oc1N. The molecule has 0 aromatic heterocycles. The van der Waals surface area contributed by atoms with Crippen molar-refractivity contribution in [3.63, 3.8) is 0 Å². The maximum absolute atomic E-state index is 13.2. The average Bonchev–Trinajstić information content (AvgIpc) is 2.46. The Kier molecular flexibility index (Phi) is 3.51. The zero-order chi connectivity index (χ0) is 15.9. The van der Waals surface area contributed by atoms with E-state index in [1.807, 2.05) is 6.92 Å². The highest BCUT2D eigenvalue weighted by Crippen LogP contribution is 2.37. The molecule has 116 valence electrons. The van der Waals surface area contributed by atoms with Crippen molar-refractivity contribution < 1.29 is 13.2 Å². The van der Waals surface area contributed by atoms with Gasteiger partial charge < -0.3 is 10.2 Å². The maximum atomic E-state index is 13.2. The van der Waals surface area contributed by atoms with Crippen molar-refractivity contribution in [2.24, 2.45) is 0 Å². The Morgan fingerprint density at radius 3 is 2.73 bits per heavy atom. The molecule has 0 radical (unpaired) electrons. The Labute approximate surface area is 126 Å². The lowest BCUT2D eigenvalue weighted by Gasteiger charge is -2.22. The van der Waals surface area contributed by atoms with Crippen LogP contribution in [0, 0.1) is 0 Å². The van der Waals surface area contributed by atoms with Crippen LogP contribution in [0.2, 0.25) is 0 Å². The number of nitrogen functional groups attached to an aromatic ring is 1. The van der Waals surface area contributed by atoms with Gasteiger partial charge in [0.2, 0.25) is 0 Å². The Morgan fingerprint density at radius 2 is 2.09 bits per heavy atom. The third-order valence-electron chi connectivity index (χ3n) is 4.12. The van der Waals surface area contributed by atoms with Gasteiger partial charge in [0.05, 0.1) is 5.56 Å². The van der Waals surface area contributed by atoms with Gasteiger partial charge in [-0.25, -0.2) is 8.78 Å². The highest BCUT2D eigenvalue weighted by Gasteiger charge is 2.31. The van der Waals surface area contributed by atoms with Crippen LogP contribution in [0.5, 0.6) is 0 Å². The van der Waals surface area contributed by atoms with E-state index < -0.39 is 5.92 Å². The third-order valence-corrected chi connectivity index (χ3v) is 4.12. The predicted molar refractivity (Wildman–Crippen MR) is 82.2 cm³/mol. The van der Waals surface area contributed by atoms with E-state index in [4.69, 9.17) is 10.2 Å². The molecule has 0 aromatic carbocycles. The van der Waals surface area contributed by atoms with E-state index in [-0.39, 0.29) is 30.6 Å². The molecule has 0 atom stereocenters. The van der Waals surface area contributed by atoms with Crippen molar-refractivity contribution in [2.45, 2.75) is 38.5 Å². The summed E-state index contributed by atoms with van der Waals surface area (Å²) < 4.78 is 32.0. The smallest absolute Gasteiger partial charge is 0.251 e. The van der Waals surface area contributed by atoms with Crippen LogP contribution in [0.1, 0.15) is 37.3 Å². The molecule has 3 nitrogen and oxygen atoms in total. The first-order chi connectivity index (χ1) is 10.4. The molecule has 0 saturated heterocycles. The van der Waals surface area contributed by atoms with Crippen LogP contribution in [0.25, 0.3) is 16.9 Å². The second-order valence-corrected chi connectivity index (χ2v) is 5.67. The van der Waals surface area contributed by atoms with Crippen molar-refractivity contribution in [3.8, 4) is 11.3 Å². The number of nitrogens with two attached hydrogens (primary N) is 1. The Hall–Kier alpha value is -2.17. The largest absolute Gasteiger partial charge is 0.441 e. The van der Waals surface area contributed by atoms with Crippen molar-refractivity contribution >= 4 is 11.5 Å². The van der Waals surface area contributed by atoms with Gasteiger partial charge in [-0.2, -0.15) is 0 Å². The number of anilines is 1. The van der Waals surface area contributed by atoms with Crippen molar-refractivity contribution in [1.82, 2.24) is 0 Å². The fourth-order valence-electron chi connectivity index (χ4n) is 2.78. The van der Waals surface area contributed by atoms with E-state index in [0.29, 0.717) is 23.3 Å². The van der Waals surface area contributed by atoms with Crippen molar-refractivity contribution in [2.75, 3.05) is 5.73 Å². The minimum atomic E-state index is -2.65. The topological polar surface area (TPSA) is 56.2 Å². The zero-order valence-electron chi connectivity index (χ0n) is 12.3. The molecule has 5 heteroatoms. The monoisotopic (exact) mass is 305 g/mol. The summed E-state index contributed by atoms with van der Waals surface area (Å²) in [6, 6.07) is 4.94. The fraction of sp³-hybridized carbons (Fsp3) is 0.353. The minimum absolute atomic E-state index is 0.177. The van der Waals surface area contributed by atoms with Crippen molar-refractivity contribution in [3.05, 3.63) is 45.6 Å². The van der Waals surface area contributed by atoms with Crippen LogP contribution < -0.4 is 11.2 Å². The van der Waals surface area contributed by atoms with Crippen LogP contribution in [-0.4, -0.2) is 5.92 Å². The summed E-state index contributed by atoms with van der Waals surface area (Å²) >= 11 is 0. The van der Waals surface area contributed by atoms with Crippen LogP contribution in [0.15, 0.2) is 33.5 Å². The number of aryl methyl sites for hydroxylation is 1. The number of rotatable bonds is 2. The summed E-state index contributed by atoms with van der Waals surface area (Å²) in [7, 11) is 0. The molecule has 1 aliphatic heterocycles. The number of hydrogen-bond donors (Lipinski definition) is 1. The number of alkyl halides is 2. The molecule has 0 saturated carbocycles. The molecule has 3 rings (SSSR count). The van der Waals surface area contributed by atoms with E-state index in [2.05, 4.69) is 0 Å². The lowest BCUT2D eigenvalue weighted by Crippen LogP contribution is -2.18. The lowest BCUT2D eigenvalue weighted by atomic mass is 9.90. The highest BCUT2D eigenvalue weighted by molar-refractivity contribution is 5.73. The molecular formula is C17H17F2NO2. The van der Waals surface area contributed by atoms with E-state index in [0.717, 1.165) is 11.1 Å². The van der Waals surface area contributed by atoms with Gasteiger partial charge in [-0.15, -0.1) is 0 Å². The zero-order valence-corrected chi connectivity index (χ0v) is 12.3. The molecule has 0 aromatic rings. The molecule has 2 aliphatic carbocycles. The number of allylic oxidation sites excluding steroid dienone is 2. The highest BCUT2D eigenvalue weighted by atomic mass is 19.3. The summed E-state index contributed by atoms with van der Waals surface area (Å²) in [4.78, 5) is 12.3. The van der Waals surface area contributed by atoms with Crippen molar-refractivity contribution in [1.29, 1.82) is 0 Å². The second-order valence-electron chi connectivity index (χ2n) is 5.67. The van der Waals surface area contributed by atoms with Gasteiger partial charge in [-0.05, 0) is 42.2 Å². The Morgan fingerprint density at radius 1 is 1.32 bits per heavy atom. The number of fused-ring (bicyclic) bond motifs is 1. The van der Waals surface area contributed by atoms with Gasteiger partial charge >= 0.3 is 0 Å². The summed E-state index contributed by atoms with van der Waals surface area (Å²) in [6.45, 7) is 1.93. The predicted octanol–water partition coefficient (Wildman–Crippen LogP) is 4.09. The first-order valence-corrected chi connectivity index (χ1v) is 7.33. The first-order valence-electron chi connectivity index (χ1n) is 7.33. The molecule has 1 heterocycles.